The van der Waals surface area contributed by atoms with Crippen LogP contribution in [0, 0.1) is 6.92 Å². The molecule has 0 fully saturated rings. The summed E-state index contributed by atoms with van der Waals surface area (Å²) in [6.07, 6.45) is 0.324. The molecule has 1 unspecified atom stereocenters. The Balaban J connectivity index is 3.03. The fourth-order valence-corrected chi connectivity index (χ4v) is 0.512. The zero-order chi connectivity index (χ0) is 6.41. The third-order valence-electron chi connectivity index (χ3n) is 0.679. The van der Waals surface area contributed by atoms with Crippen LogP contribution in [-0.4, -0.2) is 18.5 Å². The maximum Gasteiger partial charge on any atom is 0.293 e. The molecule has 8 heavy (non-hydrogen) atoms. The second kappa shape index (κ2) is 4.91. The number of carbonyl (C=O) groups is 1. The van der Waals surface area contributed by atoms with Crippen molar-refractivity contribution in [2.24, 2.45) is 0 Å². The van der Waals surface area contributed by atoms with Crippen LogP contribution in [-0.2, 0) is 9.53 Å². The van der Waals surface area contributed by atoms with Gasteiger partial charge >= 0.3 is 0 Å². The van der Waals surface area contributed by atoms with E-state index in [-0.39, 0.29) is 6.10 Å². The molecule has 0 aromatic rings. The largest absolute Gasteiger partial charge is 0.465 e. The molecule has 2 nitrogen and oxygen atoms in total. The highest BCUT2D eigenvalue weighted by atomic mass is 35.5. The average Bonchev–Trinajstić information content (AvgIpc) is 1.68. The molecular formula is C5H8ClO2. The third kappa shape index (κ3) is 3.93. The lowest BCUT2D eigenvalue weighted by Gasteiger charge is -2.04. The molecule has 3 heteroatoms. The highest BCUT2D eigenvalue weighted by Gasteiger charge is 1.97. The van der Waals surface area contributed by atoms with E-state index in [4.69, 9.17) is 11.6 Å². The second-order valence-electron chi connectivity index (χ2n) is 1.33. The summed E-state index contributed by atoms with van der Waals surface area (Å²) in [6, 6.07) is 0. The van der Waals surface area contributed by atoms with Crippen LogP contribution < -0.4 is 0 Å². The first-order valence-corrected chi connectivity index (χ1v) is 2.83. The van der Waals surface area contributed by atoms with E-state index in [0.29, 0.717) is 18.8 Å². The van der Waals surface area contributed by atoms with Gasteiger partial charge in [-0.15, -0.1) is 11.6 Å². The molecule has 0 aliphatic rings. The third-order valence-corrected chi connectivity index (χ3v) is 0.897. The summed E-state index contributed by atoms with van der Waals surface area (Å²) in [4.78, 5) is 9.58. The van der Waals surface area contributed by atoms with E-state index < -0.39 is 0 Å². The molecule has 0 aromatic heterocycles. The van der Waals surface area contributed by atoms with E-state index in [2.05, 4.69) is 11.7 Å². The molecule has 0 aliphatic heterocycles. The maximum absolute atomic E-state index is 9.58. The van der Waals surface area contributed by atoms with E-state index in [1.54, 1.807) is 0 Å². The highest BCUT2D eigenvalue weighted by molar-refractivity contribution is 6.17. The van der Waals surface area contributed by atoms with Gasteiger partial charge < -0.3 is 4.74 Å². The number of rotatable bonds is 4. The van der Waals surface area contributed by atoms with Gasteiger partial charge in [-0.1, -0.05) is 0 Å². The smallest absolute Gasteiger partial charge is 0.293 e. The lowest BCUT2D eigenvalue weighted by molar-refractivity contribution is -0.131. The fraction of sp³-hybridized carbons (Fsp3) is 0.600. The number of halogens is 1. The lowest BCUT2D eigenvalue weighted by Crippen LogP contribution is -2.06. The van der Waals surface area contributed by atoms with Crippen molar-refractivity contribution in [3.8, 4) is 0 Å². The fourth-order valence-electron chi connectivity index (χ4n) is 0.268. The average molecular weight is 136 g/mol. The van der Waals surface area contributed by atoms with Crippen molar-refractivity contribution < 1.29 is 9.53 Å². The van der Waals surface area contributed by atoms with Gasteiger partial charge in [0.25, 0.3) is 6.47 Å². The van der Waals surface area contributed by atoms with Crippen LogP contribution in [0.5, 0.6) is 0 Å². The highest BCUT2D eigenvalue weighted by Crippen LogP contribution is 1.95. The molecule has 0 aliphatic carbocycles. The van der Waals surface area contributed by atoms with Gasteiger partial charge in [-0.05, 0) is 13.3 Å². The van der Waals surface area contributed by atoms with Crippen LogP contribution in [0.2, 0.25) is 0 Å². The number of hydrogen-bond donors (Lipinski definition) is 0. The Hall–Kier alpha value is -0.240. The van der Waals surface area contributed by atoms with E-state index in [9.17, 15) is 4.79 Å². The molecule has 0 spiro atoms. The van der Waals surface area contributed by atoms with Crippen molar-refractivity contribution in [3.63, 3.8) is 0 Å². The van der Waals surface area contributed by atoms with E-state index in [0.717, 1.165) is 0 Å². The van der Waals surface area contributed by atoms with E-state index in [1.165, 1.54) is 0 Å². The maximum atomic E-state index is 9.58. The number of alkyl halides is 1. The van der Waals surface area contributed by atoms with Crippen molar-refractivity contribution in [1.82, 2.24) is 0 Å². The Bertz CT molecular complexity index is 65.4. The van der Waals surface area contributed by atoms with Crippen LogP contribution >= 0.6 is 11.6 Å². The molecule has 1 atom stereocenters. The molecule has 0 heterocycles. The SMILES string of the molecule is [CH2]C(CCCl)OC=O. The summed E-state index contributed by atoms with van der Waals surface area (Å²) in [5, 5.41) is 0. The molecule has 0 rings (SSSR count). The quantitative estimate of drug-likeness (QED) is 0.425. The van der Waals surface area contributed by atoms with Gasteiger partial charge in [0.15, 0.2) is 0 Å². The van der Waals surface area contributed by atoms with Crippen molar-refractivity contribution in [1.29, 1.82) is 0 Å². The van der Waals surface area contributed by atoms with Crippen LogP contribution in [0.25, 0.3) is 0 Å². The zero-order valence-corrected chi connectivity index (χ0v) is 5.23. The lowest BCUT2D eigenvalue weighted by atomic mass is 10.3. The Morgan fingerprint density at radius 3 is 2.88 bits per heavy atom. The van der Waals surface area contributed by atoms with Crippen LogP contribution in [0.3, 0.4) is 0 Å². The summed E-state index contributed by atoms with van der Waals surface area (Å²) < 4.78 is 4.41. The van der Waals surface area contributed by atoms with Gasteiger partial charge in [0.05, 0.1) is 0 Å². The number of carbonyl (C=O) groups excluding carboxylic acids is 1. The van der Waals surface area contributed by atoms with Gasteiger partial charge in [0, 0.05) is 5.88 Å². The molecular weight excluding hydrogens is 128 g/mol. The van der Waals surface area contributed by atoms with Crippen molar-refractivity contribution in [2.45, 2.75) is 12.5 Å². The van der Waals surface area contributed by atoms with Gasteiger partial charge in [-0.25, -0.2) is 0 Å². The van der Waals surface area contributed by atoms with Crippen LogP contribution in [0.4, 0.5) is 0 Å². The van der Waals surface area contributed by atoms with Gasteiger partial charge in [-0.3, -0.25) is 4.79 Å². The first kappa shape index (κ1) is 7.76. The Morgan fingerprint density at radius 2 is 2.50 bits per heavy atom. The Labute approximate surface area is 53.8 Å². The van der Waals surface area contributed by atoms with Crippen LogP contribution in [0.1, 0.15) is 6.42 Å². The molecule has 0 aromatic carbocycles. The van der Waals surface area contributed by atoms with Crippen molar-refractivity contribution in [3.05, 3.63) is 6.92 Å². The minimum absolute atomic E-state index is 0.287. The molecule has 0 saturated heterocycles. The molecule has 1 radical (unpaired) electrons. The van der Waals surface area contributed by atoms with Gasteiger partial charge in [0.2, 0.25) is 0 Å². The number of hydrogen-bond acceptors (Lipinski definition) is 2. The summed E-state index contributed by atoms with van der Waals surface area (Å²) in [6.45, 7) is 3.86. The molecule has 0 bridgehead atoms. The molecule has 0 amide bonds. The number of ether oxygens (including phenoxy) is 1. The first-order chi connectivity index (χ1) is 3.81. The second-order valence-corrected chi connectivity index (χ2v) is 1.71. The summed E-state index contributed by atoms with van der Waals surface area (Å²) in [5.74, 6) is 0.474. The van der Waals surface area contributed by atoms with Crippen LogP contribution in [0.15, 0.2) is 0 Å². The predicted octanol–water partition coefficient (Wildman–Crippen LogP) is 0.991. The van der Waals surface area contributed by atoms with Gasteiger partial charge in [-0.2, -0.15) is 0 Å². The zero-order valence-electron chi connectivity index (χ0n) is 4.47. The summed E-state index contributed by atoms with van der Waals surface area (Å²) in [7, 11) is 0. The Kier molecular flexibility index (Phi) is 4.76. The predicted molar refractivity (Wildman–Crippen MR) is 31.6 cm³/mol. The molecule has 47 valence electrons. The van der Waals surface area contributed by atoms with Gasteiger partial charge in [0.1, 0.15) is 6.10 Å². The standard InChI is InChI=1S/C5H8ClO2/c1-5(2-3-6)8-4-7/h4-5H,1-3H2. The first-order valence-electron chi connectivity index (χ1n) is 2.29. The topological polar surface area (TPSA) is 26.3 Å². The van der Waals surface area contributed by atoms with Crippen molar-refractivity contribution >= 4 is 18.1 Å². The minimum atomic E-state index is -0.287. The molecule has 0 N–H and O–H groups in total. The minimum Gasteiger partial charge on any atom is -0.465 e. The summed E-state index contributed by atoms with van der Waals surface area (Å²) in [5.41, 5.74) is 0. The molecule has 0 saturated carbocycles. The Morgan fingerprint density at radius 1 is 1.88 bits per heavy atom. The summed E-state index contributed by atoms with van der Waals surface area (Å²) >= 11 is 5.30. The van der Waals surface area contributed by atoms with E-state index >= 15 is 0 Å². The van der Waals surface area contributed by atoms with Crippen molar-refractivity contribution in [2.75, 3.05) is 5.88 Å². The monoisotopic (exact) mass is 135 g/mol. The normalized spacial score (nSPS) is 12.8. The van der Waals surface area contributed by atoms with E-state index in [1.807, 2.05) is 0 Å².